The van der Waals surface area contributed by atoms with Crippen molar-refractivity contribution in [3.8, 4) is 0 Å². The van der Waals surface area contributed by atoms with Gasteiger partial charge in [0.15, 0.2) is 6.61 Å². The number of aryl methyl sites for hydroxylation is 1. The molecule has 0 radical (unpaired) electrons. The number of carbonyl (C=O) groups is 2. The Morgan fingerprint density at radius 1 is 1.32 bits per heavy atom. The summed E-state index contributed by atoms with van der Waals surface area (Å²) in [7, 11) is 0. The number of benzene rings is 1. The van der Waals surface area contributed by atoms with Crippen molar-refractivity contribution < 1.29 is 14.3 Å². The van der Waals surface area contributed by atoms with Crippen LogP contribution in [0.2, 0.25) is 0 Å². The number of rotatable bonds is 5. The first-order chi connectivity index (χ1) is 12.1. The van der Waals surface area contributed by atoms with Crippen LogP contribution in [0.3, 0.4) is 0 Å². The van der Waals surface area contributed by atoms with E-state index in [0.29, 0.717) is 11.5 Å². The largest absolute Gasteiger partial charge is 0.450 e. The van der Waals surface area contributed by atoms with E-state index in [0.717, 1.165) is 10.6 Å². The molecule has 0 fully saturated rings. The lowest BCUT2D eigenvalue weighted by molar-refractivity contribution is -0.119. The van der Waals surface area contributed by atoms with Crippen LogP contribution in [-0.2, 0) is 9.53 Å². The first-order valence-electron chi connectivity index (χ1n) is 7.36. The molecule has 8 nitrogen and oxygen atoms in total. The van der Waals surface area contributed by atoms with E-state index in [-0.39, 0.29) is 5.82 Å². The average Bonchev–Trinajstić information content (AvgIpc) is 3.05. The van der Waals surface area contributed by atoms with Crippen molar-refractivity contribution in [3.63, 3.8) is 0 Å². The van der Waals surface area contributed by atoms with Crippen molar-refractivity contribution in [2.24, 2.45) is 0 Å². The van der Waals surface area contributed by atoms with Gasteiger partial charge in [0.05, 0.1) is 0 Å². The summed E-state index contributed by atoms with van der Waals surface area (Å²) in [6, 6.07) is 9.11. The van der Waals surface area contributed by atoms with E-state index in [2.05, 4.69) is 20.4 Å². The van der Waals surface area contributed by atoms with Crippen molar-refractivity contribution in [1.29, 1.82) is 0 Å². The maximum absolute atomic E-state index is 12.0. The van der Waals surface area contributed by atoms with Crippen LogP contribution in [0.1, 0.15) is 16.3 Å². The van der Waals surface area contributed by atoms with Crippen LogP contribution in [0.25, 0.3) is 5.78 Å². The van der Waals surface area contributed by atoms with Crippen LogP contribution in [-0.4, -0.2) is 44.3 Å². The van der Waals surface area contributed by atoms with Crippen molar-refractivity contribution in [3.05, 3.63) is 48.0 Å². The standard InChI is InChI=1S/C16H15N5O3S/c1-10-6-7-17-16-19-14(20-21(10)16)15(23)24-9-13(22)18-11-4-3-5-12(8-11)25-2/h3-8H,9H2,1-2H3,(H,18,22). The highest BCUT2D eigenvalue weighted by Crippen LogP contribution is 2.18. The fourth-order valence-corrected chi connectivity index (χ4v) is 2.55. The number of ether oxygens (including phenoxy) is 1. The second-order valence-corrected chi connectivity index (χ2v) is 5.97. The van der Waals surface area contributed by atoms with E-state index in [1.165, 1.54) is 4.52 Å². The van der Waals surface area contributed by atoms with E-state index >= 15 is 0 Å². The molecule has 0 spiro atoms. The number of thioether (sulfide) groups is 1. The van der Waals surface area contributed by atoms with Gasteiger partial charge in [-0.25, -0.2) is 14.3 Å². The number of hydrogen-bond donors (Lipinski definition) is 1. The maximum atomic E-state index is 12.0. The van der Waals surface area contributed by atoms with Gasteiger partial charge in [-0.05, 0) is 37.4 Å². The lowest BCUT2D eigenvalue weighted by atomic mass is 10.3. The number of hydrogen-bond acceptors (Lipinski definition) is 7. The summed E-state index contributed by atoms with van der Waals surface area (Å²) in [6.07, 6.45) is 3.52. The van der Waals surface area contributed by atoms with Gasteiger partial charge < -0.3 is 10.1 Å². The van der Waals surface area contributed by atoms with Crippen LogP contribution in [0, 0.1) is 6.92 Å². The Bertz CT molecular complexity index is 940. The third kappa shape index (κ3) is 3.94. The van der Waals surface area contributed by atoms with Gasteiger partial charge in [-0.15, -0.1) is 16.9 Å². The molecule has 2 heterocycles. The lowest BCUT2D eigenvalue weighted by Gasteiger charge is -2.06. The van der Waals surface area contributed by atoms with Gasteiger partial charge in [0.25, 0.3) is 17.5 Å². The number of carbonyl (C=O) groups excluding carboxylic acids is 2. The summed E-state index contributed by atoms with van der Waals surface area (Å²) >= 11 is 1.57. The quantitative estimate of drug-likeness (QED) is 0.550. The Morgan fingerprint density at radius 2 is 2.16 bits per heavy atom. The first-order valence-corrected chi connectivity index (χ1v) is 8.58. The van der Waals surface area contributed by atoms with Crippen molar-refractivity contribution in [1.82, 2.24) is 19.6 Å². The summed E-state index contributed by atoms with van der Waals surface area (Å²) in [5.41, 5.74) is 1.42. The molecule has 0 aliphatic heterocycles. The highest BCUT2D eigenvalue weighted by atomic mass is 32.2. The molecule has 0 aliphatic carbocycles. The zero-order valence-electron chi connectivity index (χ0n) is 13.6. The third-order valence-electron chi connectivity index (χ3n) is 3.30. The molecule has 0 bridgehead atoms. The van der Waals surface area contributed by atoms with E-state index < -0.39 is 18.5 Å². The number of amides is 1. The van der Waals surface area contributed by atoms with E-state index in [4.69, 9.17) is 4.74 Å². The fraction of sp³-hybridized carbons (Fsp3) is 0.188. The zero-order chi connectivity index (χ0) is 17.8. The lowest BCUT2D eigenvalue weighted by Crippen LogP contribution is -2.21. The fourth-order valence-electron chi connectivity index (χ4n) is 2.09. The highest BCUT2D eigenvalue weighted by Gasteiger charge is 2.17. The van der Waals surface area contributed by atoms with Gasteiger partial charge in [-0.2, -0.15) is 4.98 Å². The molecule has 0 unspecified atom stereocenters. The van der Waals surface area contributed by atoms with Gasteiger partial charge in [0, 0.05) is 22.5 Å². The van der Waals surface area contributed by atoms with Gasteiger partial charge in [-0.3, -0.25) is 4.79 Å². The van der Waals surface area contributed by atoms with E-state index in [1.807, 2.05) is 31.4 Å². The Kier molecular flexibility index (Phi) is 4.94. The molecule has 0 aliphatic rings. The third-order valence-corrected chi connectivity index (χ3v) is 4.03. The second kappa shape index (κ2) is 7.31. The Morgan fingerprint density at radius 3 is 2.92 bits per heavy atom. The normalized spacial score (nSPS) is 10.6. The number of nitrogens with zero attached hydrogens (tertiary/aromatic N) is 4. The molecule has 1 N–H and O–H groups in total. The highest BCUT2D eigenvalue weighted by molar-refractivity contribution is 7.98. The number of esters is 1. The Labute approximate surface area is 147 Å². The maximum Gasteiger partial charge on any atom is 0.378 e. The molecular weight excluding hydrogens is 342 g/mol. The van der Waals surface area contributed by atoms with Crippen molar-refractivity contribution in [2.75, 3.05) is 18.2 Å². The van der Waals surface area contributed by atoms with Crippen LogP contribution in [0.5, 0.6) is 0 Å². The number of anilines is 1. The molecule has 3 rings (SSSR count). The molecule has 3 aromatic rings. The second-order valence-electron chi connectivity index (χ2n) is 5.09. The monoisotopic (exact) mass is 357 g/mol. The van der Waals surface area contributed by atoms with Crippen LogP contribution >= 0.6 is 11.8 Å². The Hall–Kier alpha value is -2.94. The SMILES string of the molecule is CSc1cccc(NC(=O)COC(=O)c2nc3nccc(C)n3n2)c1. The molecule has 1 aromatic carbocycles. The topological polar surface area (TPSA) is 98.5 Å². The predicted molar refractivity (Wildman–Crippen MR) is 92.7 cm³/mol. The molecule has 9 heteroatoms. The molecule has 0 atom stereocenters. The summed E-state index contributed by atoms with van der Waals surface area (Å²) < 4.78 is 6.40. The van der Waals surface area contributed by atoms with Gasteiger partial charge in [0.1, 0.15) is 0 Å². The summed E-state index contributed by atoms with van der Waals surface area (Å²) in [5, 5.41) is 6.70. The number of aromatic nitrogens is 4. The van der Waals surface area contributed by atoms with Crippen LogP contribution in [0.4, 0.5) is 5.69 Å². The zero-order valence-corrected chi connectivity index (χ0v) is 14.4. The smallest absolute Gasteiger partial charge is 0.378 e. The molecular formula is C16H15N5O3S. The molecule has 0 saturated carbocycles. The van der Waals surface area contributed by atoms with Crippen LogP contribution in [0.15, 0.2) is 41.4 Å². The van der Waals surface area contributed by atoms with Crippen molar-refractivity contribution in [2.45, 2.75) is 11.8 Å². The number of nitrogens with one attached hydrogen (secondary N) is 1. The van der Waals surface area contributed by atoms with Gasteiger partial charge in [0.2, 0.25) is 0 Å². The van der Waals surface area contributed by atoms with Crippen molar-refractivity contribution >= 4 is 35.1 Å². The molecule has 25 heavy (non-hydrogen) atoms. The molecule has 128 valence electrons. The molecule has 2 aromatic heterocycles. The Balaban J connectivity index is 1.61. The van der Waals surface area contributed by atoms with Crippen LogP contribution < -0.4 is 5.32 Å². The summed E-state index contributed by atoms with van der Waals surface area (Å²) in [6.45, 7) is 1.39. The predicted octanol–water partition coefficient (Wildman–Crippen LogP) is 1.95. The minimum atomic E-state index is -0.780. The minimum absolute atomic E-state index is 0.140. The van der Waals surface area contributed by atoms with E-state index in [1.54, 1.807) is 30.1 Å². The molecule has 0 saturated heterocycles. The number of fused-ring (bicyclic) bond motifs is 1. The first kappa shape index (κ1) is 16.9. The van der Waals surface area contributed by atoms with Gasteiger partial charge in [-0.1, -0.05) is 6.07 Å². The minimum Gasteiger partial charge on any atom is -0.450 e. The van der Waals surface area contributed by atoms with Gasteiger partial charge >= 0.3 is 5.97 Å². The molecule has 1 amide bonds. The van der Waals surface area contributed by atoms with E-state index in [9.17, 15) is 9.59 Å². The summed E-state index contributed by atoms with van der Waals surface area (Å²) in [4.78, 5) is 33.0. The average molecular weight is 357 g/mol. The summed E-state index contributed by atoms with van der Waals surface area (Å²) in [5.74, 6) is -1.06.